The average molecular weight is 310 g/mol. The number of hydrogen-bond acceptors (Lipinski definition) is 4. The molecule has 2 aromatic heterocycles. The molecule has 0 bridgehead atoms. The van der Waals surface area contributed by atoms with Gasteiger partial charge in [-0.25, -0.2) is 9.97 Å². The van der Waals surface area contributed by atoms with Gasteiger partial charge in [-0.3, -0.25) is 9.58 Å². The summed E-state index contributed by atoms with van der Waals surface area (Å²) >= 11 is 0. The van der Waals surface area contributed by atoms with Gasteiger partial charge in [0, 0.05) is 20.1 Å². The van der Waals surface area contributed by atoms with Gasteiger partial charge in [-0.15, -0.1) is 0 Å². The fourth-order valence-electron chi connectivity index (χ4n) is 3.57. The second-order valence-corrected chi connectivity index (χ2v) is 6.44. The number of aromatic nitrogens is 5. The Morgan fingerprint density at radius 3 is 3.00 bits per heavy atom. The standard InChI is InChI=1S/C17H22N6/c1-21-16-7-3-2-6-15(16)20-17(21)11-22-8-4-5-14(9-22)10-23-13-18-12-19-23/h2-3,6-7,12-14H,4-5,8-11H2,1H3/t14-/m1/s1. The quantitative estimate of drug-likeness (QED) is 0.740. The molecule has 3 heterocycles. The molecule has 0 radical (unpaired) electrons. The lowest BCUT2D eigenvalue weighted by Crippen LogP contribution is -2.37. The number of benzene rings is 1. The van der Waals surface area contributed by atoms with Gasteiger partial charge < -0.3 is 4.57 Å². The maximum atomic E-state index is 4.80. The van der Waals surface area contributed by atoms with E-state index in [0.29, 0.717) is 5.92 Å². The minimum Gasteiger partial charge on any atom is -0.330 e. The number of likely N-dealkylation sites (tertiary alicyclic amines) is 1. The van der Waals surface area contributed by atoms with E-state index in [1.807, 2.05) is 17.1 Å². The summed E-state index contributed by atoms with van der Waals surface area (Å²) in [4.78, 5) is 11.4. The van der Waals surface area contributed by atoms with Crippen molar-refractivity contribution in [3.8, 4) is 0 Å². The van der Waals surface area contributed by atoms with Gasteiger partial charge in [0.2, 0.25) is 0 Å². The molecule has 23 heavy (non-hydrogen) atoms. The van der Waals surface area contributed by atoms with Crippen molar-refractivity contribution in [2.24, 2.45) is 13.0 Å². The minimum absolute atomic E-state index is 0.639. The van der Waals surface area contributed by atoms with Crippen molar-refractivity contribution in [1.82, 2.24) is 29.2 Å². The van der Waals surface area contributed by atoms with Crippen LogP contribution >= 0.6 is 0 Å². The van der Waals surface area contributed by atoms with Crippen LogP contribution in [0.15, 0.2) is 36.9 Å². The third kappa shape index (κ3) is 2.99. The normalized spacial score (nSPS) is 19.4. The first kappa shape index (κ1) is 14.4. The highest BCUT2D eigenvalue weighted by atomic mass is 15.3. The van der Waals surface area contributed by atoms with Gasteiger partial charge in [0.1, 0.15) is 18.5 Å². The molecule has 120 valence electrons. The second kappa shape index (κ2) is 6.12. The smallest absolute Gasteiger partial charge is 0.137 e. The van der Waals surface area contributed by atoms with E-state index in [1.54, 1.807) is 6.33 Å². The first-order chi connectivity index (χ1) is 11.3. The Labute approximate surface area is 135 Å². The molecule has 1 aliphatic rings. The predicted molar refractivity (Wildman–Crippen MR) is 88.7 cm³/mol. The summed E-state index contributed by atoms with van der Waals surface area (Å²) < 4.78 is 4.17. The molecule has 0 aliphatic carbocycles. The van der Waals surface area contributed by atoms with Crippen LogP contribution < -0.4 is 0 Å². The number of fused-ring (bicyclic) bond motifs is 1. The van der Waals surface area contributed by atoms with Gasteiger partial charge in [0.25, 0.3) is 0 Å². The van der Waals surface area contributed by atoms with Crippen molar-refractivity contribution in [1.29, 1.82) is 0 Å². The summed E-state index contributed by atoms with van der Waals surface area (Å²) in [5.74, 6) is 1.78. The summed E-state index contributed by atoms with van der Waals surface area (Å²) in [5, 5.41) is 4.23. The SMILES string of the molecule is Cn1c(CN2CCC[C@@H](Cn3cncn3)C2)nc2ccccc21. The summed E-state index contributed by atoms with van der Waals surface area (Å²) in [7, 11) is 2.11. The van der Waals surface area contributed by atoms with Crippen molar-refractivity contribution in [3.05, 3.63) is 42.7 Å². The predicted octanol–water partition coefficient (Wildman–Crippen LogP) is 2.08. The van der Waals surface area contributed by atoms with Crippen LogP contribution in [0.4, 0.5) is 0 Å². The third-order valence-corrected chi connectivity index (χ3v) is 4.76. The molecule has 4 rings (SSSR count). The van der Waals surface area contributed by atoms with Gasteiger partial charge in [-0.05, 0) is 37.4 Å². The molecule has 0 saturated carbocycles. The molecule has 1 atom stereocenters. The molecule has 3 aromatic rings. The van der Waals surface area contributed by atoms with E-state index in [0.717, 1.165) is 37.5 Å². The van der Waals surface area contributed by atoms with Gasteiger partial charge in [-0.2, -0.15) is 5.10 Å². The summed E-state index contributed by atoms with van der Waals surface area (Å²) in [6.07, 6.45) is 5.92. The Bertz CT molecular complexity index is 776. The third-order valence-electron chi connectivity index (χ3n) is 4.76. The van der Waals surface area contributed by atoms with Crippen LogP contribution in [0.3, 0.4) is 0 Å². The van der Waals surface area contributed by atoms with Crippen LogP contribution in [-0.2, 0) is 20.1 Å². The van der Waals surface area contributed by atoms with E-state index in [-0.39, 0.29) is 0 Å². The highest BCUT2D eigenvalue weighted by Crippen LogP contribution is 2.21. The van der Waals surface area contributed by atoms with Crippen molar-refractivity contribution >= 4 is 11.0 Å². The molecule has 1 fully saturated rings. The van der Waals surface area contributed by atoms with E-state index in [9.17, 15) is 0 Å². The summed E-state index contributed by atoms with van der Waals surface area (Å²) in [6.45, 7) is 4.12. The Morgan fingerprint density at radius 2 is 2.17 bits per heavy atom. The molecular formula is C17H22N6. The van der Waals surface area contributed by atoms with Gasteiger partial charge in [0.15, 0.2) is 0 Å². The zero-order valence-electron chi connectivity index (χ0n) is 13.5. The fraction of sp³-hybridized carbons (Fsp3) is 0.471. The number of piperidine rings is 1. The molecule has 0 amide bonds. The largest absolute Gasteiger partial charge is 0.330 e. The van der Waals surface area contributed by atoms with E-state index in [1.165, 1.54) is 18.4 Å². The maximum Gasteiger partial charge on any atom is 0.137 e. The van der Waals surface area contributed by atoms with Crippen molar-refractivity contribution in [2.75, 3.05) is 13.1 Å². The van der Waals surface area contributed by atoms with Crippen molar-refractivity contribution in [2.45, 2.75) is 25.9 Å². The highest BCUT2D eigenvalue weighted by molar-refractivity contribution is 5.75. The lowest BCUT2D eigenvalue weighted by Gasteiger charge is -2.32. The molecule has 6 heteroatoms. The van der Waals surface area contributed by atoms with Crippen LogP contribution in [0.5, 0.6) is 0 Å². The number of rotatable bonds is 4. The lowest BCUT2D eigenvalue weighted by atomic mass is 9.98. The Morgan fingerprint density at radius 1 is 1.26 bits per heavy atom. The molecule has 1 saturated heterocycles. The summed E-state index contributed by atoms with van der Waals surface area (Å²) in [6, 6.07) is 8.34. The molecule has 0 N–H and O–H groups in total. The topological polar surface area (TPSA) is 51.8 Å². The molecule has 0 spiro atoms. The summed E-state index contributed by atoms with van der Waals surface area (Å²) in [5.41, 5.74) is 2.29. The Balaban J connectivity index is 1.46. The van der Waals surface area contributed by atoms with Gasteiger partial charge in [0.05, 0.1) is 17.6 Å². The number of hydrogen-bond donors (Lipinski definition) is 0. The minimum atomic E-state index is 0.639. The zero-order valence-corrected chi connectivity index (χ0v) is 13.5. The molecule has 0 unspecified atom stereocenters. The Hall–Kier alpha value is -2.21. The van der Waals surface area contributed by atoms with Crippen LogP contribution in [0.2, 0.25) is 0 Å². The van der Waals surface area contributed by atoms with Crippen LogP contribution in [0.1, 0.15) is 18.7 Å². The van der Waals surface area contributed by atoms with Crippen LogP contribution in [-0.4, -0.2) is 42.3 Å². The average Bonchev–Trinajstić information content (AvgIpc) is 3.17. The molecule has 1 aliphatic heterocycles. The first-order valence-corrected chi connectivity index (χ1v) is 8.24. The molecule has 6 nitrogen and oxygen atoms in total. The molecular weight excluding hydrogens is 288 g/mol. The van der Waals surface area contributed by atoms with E-state index < -0.39 is 0 Å². The number of imidazole rings is 1. The fourth-order valence-corrected chi connectivity index (χ4v) is 3.57. The van der Waals surface area contributed by atoms with Crippen molar-refractivity contribution < 1.29 is 0 Å². The maximum absolute atomic E-state index is 4.80. The first-order valence-electron chi connectivity index (χ1n) is 8.24. The number of para-hydroxylation sites is 2. The number of aryl methyl sites for hydroxylation is 1. The molecule has 1 aromatic carbocycles. The second-order valence-electron chi connectivity index (χ2n) is 6.44. The van der Waals surface area contributed by atoms with Gasteiger partial charge in [-0.1, -0.05) is 12.1 Å². The zero-order chi connectivity index (χ0) is 15.6. The van der Waals surface area contributed by atoms with Crippen LogP contribution in [0.25, 0.3) is 11.0 Å². The lowest BCUT2D eigenvalue weighted by molar-refractivity contribution is 0.149. The highest BCUT2D eigenvalue weighted by Gasteiger charge is 2.22. The Kier molecular flexibility index (Phi) is 3.83. The number of nitrogens with zero attached hydrogens (tertiary/aromatic N) is 6. The van der Waals surface area contributed by atoms with Crippen molar-refractivity contribution in [3.63, 3.8) is 0 Å². The van der Waals surface area contributed by atoms with Crippen LogP contribution in [0, 0.1) is 5.92 Å². The monoisotopic (exact) mass is 310 g/mol. The van der Waals surface area contributed by atoms with Gasteiger partial charge >= 0.3 is 0 Å². The van der Waals surface area contributed by atoms with E-state index in [2.05, 4.69) is 44.8 Å². The van der Waals surface area contributed by atoms with E-state index >= 15 is 0 Å². The van der Waals surface area contributed by atoms with E-state index in [4.69, 9.17) is 4.98 Å².